The van der Waals surface area contributed by atoms with Gasteiger partial charge in [0.05, 0.1) is 0 Å². The third-order valence-corrected chi connectivity index (χ3v) is 3.50. The molecule has 0 aromatic heterocycles. The maximum absolute atomic E-state index is 5.94. The molecule has 1 aliphatic heterocycles. The molecule has 1 heterocycles. The smallest absolute Gasteiger partial charge is 0.0168 e. The van der Waals surface area contributed by atoms with Gasteiger partial charge in [0.2, 0.25) is 0 Å². The molecule has 2 unspecified atom stereocenters. The summed E-state index contributed by atoms with van der Waals surface area (Å²) in [6.45, 7) is 4.69. The molecule has 2 nitrogen and oxygen atoms in total. The summed E-state index contributed by atoms with van der Waals surface area (Å²) in [6.07, 6.45) is 5.97. The van der Waals surface area contributed by atoms with Gasteiger partial charge in [0, 0.05) is 18.6 Å². The summed E-state index contributed by atoms with van der Waals surface area (Å²) >= 11 is 1.94. The number of nitrogens with zero attached hydrogens (tertiary/aromatic N) is 1. The third kappa shape index (κ3) is 3.88. The Morgan fingerprint density at radius 3 is 3.00 bits per heavy atom. The van der Waals surface area contributed by atoms with Gasteiger partial charge >= 0.3 is 0 Å². The molecular formula is C10H22N2S. The van der Waals surface area contributed by atoms with E-state index in [1.807, 2.05) is 11.8 Å². The van der Waals surface area contributed by atoms with Crippen molar-refractivity contribution < 1.29 is 0 Å². The Kier molecular flexibility index (Phi) is 5.14. The van der Waals surface area contributed by atoms with Crippen LogP contribution in [0, 0.1) is 0 Å². The van der Waals surface area contributed by atoms with E-state index >= 15 is 0 Å². The van der Waals surface area contributed by atoms with Crippen LogP contribution in [-0.4, -0.2) is 42.1 Å². The van der Waals surface area contributed by atoms with Crippen LogP contribution in [0.4, 0.5) is 0 Å². The third-order valence-electron chi connectivity index (χ3n) is 2.85. The van der Waals surface area contributed by atoms with Crippen LogP contribution in [-0.2, 0) is 0 Å². The van der Waals surface area contributed by atoms with E-state index in [4.69, 9.17) is 5.73 Å². The van der Waals surface area contributed by atoms with Gasteiger partial charge in [0.15, 0.2) is 0 Å². The van der Waals surface area contributed by atoms with E-state index in [0.717, 1.165) is 12.6 Å². The van der Waals surface area contributed by atoms with Gasteiger partial charge in [0.1, 0.15) is 0 Å². The Balaban J connectivity index is 2.24. The Hall–Kier alpha value is 0.270. The van der Waals surface area contributed by atoms with Crippen LogP contribution < -0.4 is 5.73 Å². The molecule has 0 saturated carbocycles. The van der Waals surface area contributed by atoms with Crippen molar-refractivity contribution in [3.63, 3.8) is 0 Å². The summed E-state index contributed by atoms with van der Waals surface area (Å²) in [7, 11) is 0. The van der Waals surface area contributed by atoms with Crippen LogP contribution in [0.5, 0.6) is 0 Å². The molecule has 0 aromatic carbocycles. The van der Waals surface area contributed by atoms with E-state index < -0.39 is 0 Å². The Morgan fingerprint density at radius 1 is 1.62 bits per heavy atom. The number of hydrogen-bond acceptors (Lipinski definition) is 3. The normalized spacial score (nSPS) is 27.5. The minimum Gasteiger partial charge on any atom is -0.327 e. The molecule has 13 heavy (non-hydrogen) atoms. The van der Waals surface area contributed by atoms with Gasteiger partial charge in [-0.2, -0.15) is 11.8 Å². The molecular weight excluding hydrogens is 180 g/mol. The monoisotopic (exact) mass is 202 g/mol. The average Bonchev–Trinajstić information content (AvgIpc) is 2.14. The van der Waals surface area contributed by atoms with Gasteiger partial charge < -0.3 is 5.73 Å². The van der Waals surface area contributed by atoms with Crippen molar-refractivity contribution in [2.75, 3.05) is 25.1 Å². The summed E-state index contributed by atoms with van der Waals surface area (Å²) in [5, 5.41) is 0. The van der Waals surface area contributed by atoms with Crippen molar-refractivity contribution in [3.05, 3.63) is 0 Å². The van der Waals surface area contributed by atoms with Crippen LogP contribution >= 0.6 is 11.8 Å². The first-order chi connectivity index (χ1) is 6.24. The molecule has 2 atom stereocenters. The zero-order valence-electron chi connectivity index (χ0n) is 8.83. The number of nitrogens with two attached hydrogens (primary N) is 1. The molecule has 0 aromatic rings. The second-order valence-electron chi connectivity index (χ2n) is 4.03. The van der Waals surface area contributed by atoms with Crippen molar-refractivity contribution in [2.24, 2.45) is 5.73 Å². The number of hydrogen-bond donors (Lipinski definition) is 1. The molecule has 0 aliphatic carbocycles. The quantitative estimate of drug-likeness (QED) is 0.750. The molecule has 0 radical (unpaired) electrons. The largest absolute Gasteiger partial charge is 0.327 e. The van der Waals surface area contributed by atoms with Gasteiger partial charge in [-0.1, -0.05) is 0 Å². The molecule has 1 aliphatic rings. The standard InChI is InChI=1S/C10H22N2S/c1-9(5-7-13-2)12-6-3-4-10(11)8-12/h9-10H,3-8,11H2,1-2H3. The molecule has 78 valence electrons. The summed E-state index contributed by atoms with van der Waals surface area (Å²) in [5.74, 6) is 1.27. The van der Waals surface area contributed by atoms with E-state index in [1.54, 1.807) is 0 Å². The lowest BCUT2D eigenvalue weighted by Crippen LogP contribution is -2.46. The summed E-state index contributed by atoms with van der Waals surface area (Å²) < 4.78 is 0. The molecule has 1 saturated heterocycles. The van der Waals surface area contributed by atoms with E-state index in [1.165, 1.54) is 31.6 Å². The molecule has 2 N–H and O–H groups in total. The van der Waals surface area contributed by atoms with Crippen LogP contribution in [0.25, 0.3) is 0 Å². The Bertz CT molecular complexity index is 141. The Labute approximate surface area is 86.2 Å². The van der Waals surface area contributed by atoms with Crippen LogP contribution in [0.1, 0.15) is 26.2 Å². The number of thioether (sulfide) groups is 1. The van der Waals surface area contributed by atoms with Crippen LogP contribution in [0.15, 0.2) is 0 Å². The van der Waals surface area contributed by atoms with E-state index in [-0.39, 0.29) is 0 Å². The fourth-order valence-electron chi connectivity index (χ4n) is 1.91. The number of piperidine rings is 1. The van der Waals surface area contributed by atoms with Crippen LogP contribution in [0.2, 0.25) is 0 Å². The average molecular weight is 202 g/mol. The van der Waals surface area contributed by atoms with Crippen molar-refractivity contribution in [3.8, 4) is 0 Å². The zero-order valence-corrected chi connectivity index (χ0v) is 9.65. The van der Waals surface area contributed by atoms with Gasteiger partial charge in [-0.25, -0.2) is 0 Å². The maximum atomic E-state index is 5.94. The lowest BCUT2D eigenvalue weighted by atomic mass is 10.0. The first-order valence-corrected chi connectivity index (χ1v) is 6.62. The molecule has 0 amide bonds. The Morgan fingerprint density at radius 2 is 2.38 bits per heavy atom. The van der Waals surface area contributed by atoms with E-state index in [9.17, 15) is 0 Å². The lowest BCUT2D eigenvalue weighted by molar-refractivity contribution is 0.156. The fraction of sp³-hybridized carbons (Fsp3) is 1.00. The van der Waals surface area contributed by atoms with E-state index in [2.05, 4.69) is 18.1 Å². The minimum absolute atomic E-state index is 0.422. The highest BCUT2D eigenvalue weighted by Crippen LogP contribution is 2.14. The highest BCUT2D eigenvalue weighted by atomic mass is 32.2. The van der Waals surface area contributed by atoms with Gasteiger partial charge in [-0.15, -0.1) is 0 Å². The highest BCUT2D eigenvalue weighted by molar-refractivity contribution is 7.98. The van der Waals surface area contributed by atoms with Crippen LogP contribution in [0.3, 0.4) is 0 Å². The highest BCUT2D eigenvalue weighted by Gasteiger charge is 2.20. The molecule has 0 bridgehead atoms. The molecule has 1 rings (SSSR count). The zero-order chi connectivity index (χ0) is 9.68. The fourth-order valence-corrected chi connectivity index (χ4v) is 2.49. The SMILES string of the molecule is CSCCC(C)N1CCCC(N)C1. The van der Waals surface area contributed by atoms with Crippen molar-refractivity contribution >= 4 is 11.8 Å². The van der Waals surface area contributed by atoms with Gasteiger partial charge in [-0.05, 0) is 44.7 Å². The van der Waals surface area contributed by atoms with Gasteiger partial charge in [0.25, 0.3) is 0 Å². The van der Waals surface area contributed by atoms with Gasteiger partial charge in [-0.3, -0.25) is 4.90 Å². The molecule has 1 fully saturated rings. The molecule has 0 spiro atoms. The first-order valence-electron chi connectivity index (χ1n) is 5.22. The summed E-state index contributed by atoms with van der Waals surface area (Å²) in [5.41, 5.74) is 5.94. The molecule has 3 heteroatoms. The maximum Gasteiger partial charge on any atom is 0.0168 e. The van der Waals surface area contributed by atoms with E-state index in [0.29, 0.717) is 6.04 Å². The predicted molar refractivity (Wildman–Crippen MR) is 61.2 cm³/mol. The van der Waals surface area contributed by atoms with Crippen molar-refractivity contribution in [1.29, 1.82) is 0 Å². The first kappa shape index (κ1) is 11.3. The second-order valence-corrected chi connectivity index (χ2v) is 5.01. The minimum atomic E-state index is 0.422. The lowest BCUT2D eigenvalue weighted by Gasteiger charge is -2.35. The summed E-state index contributed by atoms with van der Waals surface area (Å²) in [4.78, 5) is 2.55. The number of rotatable bonds is 4. The number of likely N-dealkylation sites (tertiary alicyclic amines) is 1. The summed E-state index contributed by atoms with van der Waals surface area (Å²) in [6, 6.07) is 1.14. The van der Waals surface area contributed by atoms with Crippen molar-refractivity contribution in [2.45, 2.75) is 38.3 Å². The topological polar surface area (TPSA) is 29.3 Å². The van der Waals surface area contributed by atoms with Crippen molar-refractivity contribution in [1.82, 2.24) is 4.90 Å². The predicted octanol–water partition coefficient (Wildman–Crippen LogP) is 1.55. The second kappa shape index (κ2) is 5.89.